The van der Waals surface area contributed by atoms with Crippen LogP contribution in [0.5, 0.6) is 0 Å². The van der Waals surface area contributed by atoms with Gasteiger partial charge in [-0.25, -0.2) is 4.98 Å². The summed E-state index contributed by atoms with van der Waals surface area (Å²) in [5.41, 5.74) is 1.02. The van der Waals surface area contributed by atoms with Crippen LogP contribution in [0.4, 0.5) is 0 Å². The molecule has 0 saturated carbocycles. The summed E-state index contributed by atoms with van der Waals surface area (Å²) < 4.78 is 5.09. The molecule has 0 unspecified atom stereocenters. The molecule has 0 aliphatic rings. The highest BCUT2D eigenvalue weighted by molar-refractivity contribution is 5.03. The standard InChI is InChI=1S/C7H11NO/c1-3-4-7-6(2)8-5-9-7/h5H,3-4H2,1-2H3. The van der Waals surface area contributed by atoms with Crippen LogP contribution in [0.3, 0.4) is 0 Å². The van der Waals surface area contributed by atoms with Crippen molar-refractivity contribution in [3.05, 3.63) is 17.8 Å². The normalized spacial score (nSPS) is 10.0. The largest absolute Gasteiger partial charge is 0.448 e. The Kier molecular flexibility index (Phi) is 1.88. The topological polar surface area (TPSA) is 26.0 Å². The quantitative estimate of drug-likeness (QED) is 0.603. The van der Waals surface area contributed by atoms with E-state index in [0.29, 0.717) is 0 Å². The van der Waals surface area contributed by atoms with Crippen LogP contribution < -0.4 is 0 Å². The van der Waals surface area contributed by atoms with Gasteiger partial charge in [0.2, 0.25) is 0 Å². The van der Waals surface area contributed by atoms with Crippen LogP contribution >= 0.6 is 0 Å². The molecule has 0 saturated heterocycles. The minimum atomic E-state index is 1.01. The van der Waals surface area contributed by atoms with E-state index in [0.717, 1.165) is 24.3 Å². The van der Waals surface area contributed by atoms with Gasteiger partial charge in [-0.3, -0.25) is 0 Å². The highest BCUT2D eigenvalue weighted by Crippen LogP contribution is 2.06. The van der Waals surface area contributed by atoms with Crippen molar-refractivity contribution in [2.75, 3.05) is 0 Å². The van der Waals surface area contributed by atoms with Crippen molar-refractivity contribution in [2.24, 2.45) is 0 Å². The van der Waals surface area contributed by atoms with Crippen LogP contribution in [0, 0.1) is 6.92 Å². The molecule has 9 heavy (non-hydrogen) atoms. The molecule has 0 aromatic carbocycles. The predicted octanol–water partition coefficient (Wildman–Crippen LogP) is 1.94. The van der Waals surface area contributed by atoms with E-state index in [1.807, 2.05) is 6.92 Å². The first-order valence-electron chi connectivity index (χ1n) is 3.23. The molecular formula is C7H11NO. The predicted molar refractivity (Wildman–Crippen MR) is 35.2 cm³/mol. The summed E-state index contributed by atoms with van der Waals surface area (Å²) in [5.74, 6) is 1.03. The first kappa shape index (κ1) is 6.33. The van der Waals surface area contributed by atoms with Crippen LogP contribution in [-0.2, 0) is 6.42 Å². The van der Waals surface area contributed by atoms with Crippen molar-refractivity contribution in [1.82, 2.24) is 4.98 Å². The molecule has 0 fully saturated rings. The lowest BCUT2D eigenvalue weighted by Gasteiger charge is -1.89. The molecule has 0 aliphatic carbocycles. The molecule has 0 bridgehead atoms. The molecule has 1 aromatic rings. The molecule has 2 heteroatoms. The second kappa shape index (κ2) is 2.67. The minimum Gasteiger partial charge on any atom is -0.448 e. The molecule has 1 rings (SSSR count). The number of hydrogen-bond donors (Lipinski definition) is 0. The van der Waals surface area contributed by atoms with Crippen molar-refractivity contribution < 1.29 is 4.42 Å². The van der Waals surface area contributed by atoms with Crippen molar-refractivity contribution >= 4 is 0 Å². The molecule has 0 radical (unpaired) electrons. The van der Waals surface area contributed by atoms with E-state index >= 15 is 0 Å². The van der Waals surface area contributed by atoms with E-state index in [4.69, 9.17) is 4.42 Å². The molecule has 1 heterocycles. The second-order valence-corrected chi connectivity index (χ2v) is 2.11. The average molecular weight is 125 g/mol. The third-order valence-corrected chi connectivity index (χ3v) is 1.32. The fourth-order valence-corrected chi connectivity index (χ4v) is 0.793. The van der Waals surface area contributed by atoms with Gasteiger partial charge in [-0.1, -0.05) is 6.92 Å². The van der Waals surface area contributed by atoms with E-state index in [-0.39, 0.29) is 0 Å². The smallest absolute Gasteiger partial charge is 0.181 e. The number of hydrogen-bond acceptors (Lipinski definition) is 2. The van der Waals surface area contributed by atoms with E-state index in [1.54, 1.807) is 0 Å². The molecular weight excluding hydrogens is 114 g/mol. The number of aryl methyl sites for hydroxylation is 2. The van der Waals surface area contributed by atoms with E-state index in [2.05, 4.69) is 11.9 Å². The van der Waals surface area contributed by atoms with Gasteiger partial charge >= 0.3 is 0 Å². The van der Waals surface area contributed by atoms with E-state index in [1.165, 1.54) is 6.39 Å². The summed E-state index contributed by atoms with van der Waals surface area (Å²) in [4.78, 5) is 3.97. The minimum absolute atomic E-state index is 1.01. The van der Waals surface area contributed by atoms with E-state index < -0.39 is 0 Å². The first-order valence-corrected chi connectivity index (χ1v) is 3.23. The van der Waals surface area contributed by atoms with Gasteiger partial charge in [-0.2, -0.15) is 0 Å². The Labute approximate surface area is 54.9 Å². The number of aromatic nitrogens is 1. The summed E-state index contributed by atoms with van der Waals surface area (Å²) >= 11 is 0. The Morgan fingerprint density at radius 2 is 2.44 bits per heavy atom. The lowest BCUT2D eigenvalue weighted by molar-refractivity contribution is 0.499. The number of rotatable bonds is 2. The van der Waals surface area contributed by atoms with Gasteiger partial charge in [-0.05, 0) is 13.3 Å². The monoisotopic (exact) mass is 125 g/mol. The van der Waals surface area contributed by atoms with Crippen molar-refractivity contribution in [1.29, 1.82) is 0 Å². The SMILES string of the molecule is CCCc1ocnc1C. The van der Waals surface area contributed by atoms with Gasteiger partial charge in [0.05, 0.1) is 5.69 Å². The van der Waals surface area contributed by atoms with Crippen LogP contribution in [0.15, 0.2) is 10.8 Å². The third kappa shape index (κ3) is 1.31. The summed E-state index contributed by atoms with van der Waals surface area (Å²) in [6, 6.07) is 0. The summed E-state index contributed by atoms with van der Waals surface area (Å²) in [7, 11) is 0. The Hall–Kier alpha value is -0.790. The zero-order valence-electron chi connectivity index (χ0n) is 5.85. The fourth-order valence-electron chi connectivity index (χ4n) is 0.793. The Bertz CT molecular complexity index is 181. The van der Waals surface area contributed by atoms with Crippen LogP contribution in [-0.4, -0.2) is 4.98 Å². The zero-order chi connectivity index (χ0) is 6.69. The van der Waals surface area contributed by atoms with Crippen molar-refractivity contribution in [2.45, 2.75) is 26.7 Å². The van der Waals surface area contributed by atoms with Gasteiger partial charge in [-0.15, -0.1) is 0 Å². The van der Waals surface area contributed by atoms with Gasteiger partial charge < -0.3 is 4.42 Å². The molecule has 2 nitrogen and oxygen atoms in total. The van der Waals surface area contributed by atoms with Gasteiger partial charge in [0.1, 0.15) is 5.76 Å². The number of oxazole rings is 1. The summed E-state index contributed by atoms with van der Waals surface area (Å²) in [5, 5.41) is 0. The molecule has 50 valence electrons. The van der Waals surface area contributed by atoms with Gasteiger partial charge in [0.15, 0.2) is 6.39 Å². The van der Waals surface area contributed by atoms with Gasteiger partial charge in [0, 0.05) is 6.42 Å². The van der Waals surface area contributed by atoms with Crippen LogP contribution in [0.1, 0.15) is 24.8 Å². The lowest BCUT2D eigenvalue weighted by atomic mass is 10.2. The lowest BCUT2D eigenvalue weighted by Crippen LogP contribution is -1.81. The number of nitrogens with zero attached hydrogens (tertiary/aromatic N) is 1. The highest BCUT2D eigenvalue weighted by Gasteiger charge is 1.99. The Balaban J connectivity index is 2.69. The Morgan fingerprint density at radius 1 is 1.67 bits per heavy atom. The van der Waals surface area contributed by atoms with E-state index in [9.17, 15) is 0 Å². The summed E-state index contributed by atoms with van der Waals surface area (Å²) in [6.45, 7) is 4.09. The Morgan fingerprint density at radius 3 is 2.89 bits per heavy atom. The maximum Gasteiger partial charge on any atom is 0.181 e. The first-order chi connectivity index (χ1) is 4.34. The molecule has 0 aliphatic heterocycles. The van der Waals surface area contributed by atoms with Crippen LogP contribution in [0.2, 0.25) is 0 Å². The maximum absolute atomic E-state index is 5.09. The molecule has 0 N–H and O–H groups in total. The van der Waals surface area contributed by atoms with Gasteiger partial charge in [0.25, 0.3) is 0 Å². The molecule has 0 spiro atoms. The maximum atomic E-state index is 5.09. The molecule has 0 atom stereocenters. The van der Waals surface area contributed by atoms with Crippen molar-refractivity contribution in [3.8, 4) is 0 Å². The average Bonchev–Trinajstić information content (AvgIpc) is 2.18. The second-order valence-electron chi connectivity index (χ2n) is 2.11. The van der Waals surface area contributed by atoms with Crippen molar-refractivity contribution in [3.63, 3.8) is 0 Å². The van der Waals surface area contributed by atoms with Crippen LogP contribution in [0.25, 0.3) is 0 Å². The molecule has 1 aromatic heterocycles. The fraction of sp³-hybridized carbons (Fsp3) is 0.571. The molecule has 0 amide bonds. The zero-order valence-corrected chi connectivity index (χ0v) is 5.85. The highest BCUT2D eigenvalue weighted by atomic mass is 16.3. The third-order valence-electron chi connectivity index (χ3n) is 1.32. The summed E-state index contributed by atoms with van der Waals surface area (Å²) in [6.07, 6.45) is 3.63.